The molecule has 2 aliphatic heterocycles. The summed E-state index contributed by atoms with van der Waals surface area (Å²) >= 11 is 0. The minimum absolute atomic E-state index is 0.00444. The Morgan fingerprint density at radius 1 is 1.14 bits per heavy atom. The summed E-state index contributed by atoms with van der Waals surface area (Å²) in [5.41, 5.74) is -0.304. The molecule has 1 aromatic rings. The molecule has 0 saturated carbocycles. The zero-order valence-corrected chi connectivity index (χ0v) is 21.1. The first kappa shape index (κ1) is 27.9. The fourth-order valence-corrected chi connectivity index (χ4v) is 6.05. The molecule has 13 heteroatoms. The number of carbonyl (C=O) groups is 2. The number of amides is 2. The number of nitriles is 1. The van der Waals surface area contributed by atoms with Gasteiger partial charge in [-0.05, 0) is 44.4 Å². The van der Waals surface area contributed by atoms with E-state index in [1.807, 2.05) is 6.07 Å². The lowest BCUT2D eigenvalue weighted by Gasteiger charge is -2.41. The molecule has 2 saturated heterocycles. The second kappa shape index (κ2) is 10.7. The van der Waals surface area contributed by atoms with E-state index in [1.54, 1.807) is 6.92 Å². The number of halogens is 3. The van der Waals surface area contributed by atoms with Crippen LogP contribution in [0.15, 0.2) is 24.3 Å². The van der Waals surface area contributed by atoms with Gasteiger partial charge in [-0.3, -0.25) is 9.59 Å². The van der Waals surface area contributed by atoms with Crippen LogP contribution in [0.1, 0.15) is 43.9 Å². The second-order valence-corrected chi connectivity index (χ2v) is 11.3. The SMILES string of the molecule is CC(NC(=O)C(C)N(C)C(=O)[C@H]1CCCN(S(=O)(=O)N2CC(C#N)C2)C1)c1ccc(C(F)(F)F)cc1. The van der Waals surface area contributed by atoms with Gasteiger partial charge in [0.25, 0.3) is 10.2 Å². The van der Waals surface area contributed by atoms with Crippen molar-refractivity contribution in [1.29, 1.82) is 5.26 Å². The predicted molar refractivity (Wildman–Crippen MR) is 124 cm³/mol. The van der Waals surface area contributed by atoms with E-state index in [-0.39, 0.29) is 38.0 Å². The van der Waals surface area contributed by atoms with Crippen molar-refractivity contribution in [2.75, 3.05) is 33.2 Å². The van der Waals surface area contributed by atoms with Crippen molar-refractivity contribution >= 4 is 22.0 Å². The number of piperidine rings is 1. The summed E-state index contributed by atoms with van der Waals surface area (Å²) in [4.78, 5) is 27.2. The number of hydrogen-bond acceptors (Lipinski definition) is 5. The van der Waals surface area contributed by atoms with Crippen LogP contribution in [0.2, 0.25) is 0 Å². The van der Waals surface area contributed by atoms with E-state index in [4.69, 9.17) is 5.26 Å². The maximum atomic E-state index is 13.1. The van der Waals surface area contributed by atoms with Gasteiger partial charge in [0, 0.05) is 33.2 Å². The van der Waals surface area contributed by atoms with E-state index in [0.29, 0.717) is 18.4 Å². The Balaban J connectivity index is 1.58. The highest BCUT2D eigenvalue weighted by molar-refractivity contribution is 7.86. The quantitative estimate of drug-likeness (QED) is 0.582. The summed E-state index contributed by atoms with van der Waals surface area (Å²) in [5, 5.41) is 11.6. The molecule has 198 valence electrons. The number of hydrogen-bond donors (Lipinski definition) is 1. The van der Waals surface area contributed by atoms with Crippen molar-refractivity contribution in [1.82, 2.24) is 18.8 Å². The number of alkyl halides is 3. The molecule has 1 aromatic carbocycles. The second-order valence-electron chi connectivity index (χ2n) is 9.32. The van der Waals surface area contributed by atoms with Gasteiger partial charge in [0.15, 0.2) is 0 Å². The van der Waals surface area contributed by atoms with E-state index in [1.165, 1.54) is 39.6 Å². The first-order valence-corrected chi connectivity index (χ1v) is 13.0. The molecule has 9 nitrogen and oxygen atoms in total. The largest absolute Gasteiger partial charge is 0.416 e. The number of nitrogens with zero attached hydrogens (tertiary/aromatic N) is 4. The average Bonchev–Trinajstić information content (AvgIpc) is 2.81. The molecule has 2 unspecified atom stereocenters. The van der Waals surface area contributed by atoms with Crippen molar-refractivity contribution in [3.8, 4) is 6.07 Å². The Morgan fingerprint density at radius 2 is 1.75 bits per heavy atom. The van der Waals surface area contributed by atoms with Gasteiger partial charge in [-0.1, -0.05) is 12.1 Å². The zero-order chi connectivity index (χ0) is 26.8. The molecule has 0 bridgehead atoms. The fourth-order valence-electron chi connectivity index (χ4n) is 4.26. The van der Waals surface area contributed by atoms with Crippen LogP contribution >= 0.6 is 0 Å². The van der Waals surface area contributed by atoms with E-state index in [0.717, 1.165) is 12.1 Å². The third-order valence-electron chi connectivity index (χ3n) is 6.82. The molecule has 2 amide bonds. The van der Waals surface area contributed by atoms with Crippen LogP contribution in [0.25, 0.3) is 0 Å². The highest BCUT2D eigenvalue weighted by Gasteiger charge is 2.42. The van der Waals surface area contributed by atoms with E-state index in [2.05, 4.69) is 5.32 Å². The highest BCUT2D eigenvalue weighted by Crippen LogP contribution is 2.30. The van der Waals surface area contributed by atoms with Crippen LogP contribution in [0.4, 0.5) is 13.2 Å². The smallest absolute Gasteiger partial charge is 0.348 e. The maximum absolute atomic E-state index is 13.1. The number of likely N-dealkylation sites (N-methyl/N-ethyl adjacent to an activating group) is 1. The van der Waals surface area contributed by atoms with E-state index < -0.39 is 45.9 Å². The van der Waals surface area contributed by atoms with Crippen LogP contribution < -0.4 is 5.32 Å². The Morgan fingerprint density at radius 3 is 2.31 bits per heavy atom. The lowest BCUT2D eigenvalue weighted by atomic mass is 9.97. The monoisotopic (exact) mass is 529 g/mol. The van der Waals surface area contributed by atoms with Crippen LogP contribution in [-0.2, 0) is 26.0 Å². The van der Waals surface area contributed by atoms with Gasteiger partial charge >= 0.3 is 6.18 Å². The summed E-state index contributed by atoms with van der Waals surface area (Å²) in [6, 6.07) is 5.04. The van der Waals surface area contributed by atoms with Crippen molar-refractivity contribution in [2.45, 2.75) is 44.9 Å². The van der Waals surface area contributed by atoms with Gasteiger partial charge in [-0.2, -0.15) is 35.5 Å². The average molecular weight is 530 g/mol. The lowest BCUT2D eigenvalue weighted by molar-refractivity contribution is -0.142. The molecule has 0 aromatic heterocycles. The normalized spacial score (nSPS) is 21.6. The third kappa shape index (κ3) is 5.99. The Hall–Kier alpha value is -2.69. The minimum Gasteiger partial charge on any atom is -0.348 e. The first-order chi connectivity index (χ1) is 16.8. The van der Waals surface area contributed by atoms with Gasteiger partial charge in [-0.15, -0.1) is 0 Å². The summed E-state index contributed by atoms with van der Waals surface area (Å²) in [5.74, 6) is -1.79. The lowest BCUT2D eigenvalue weighted by Crippen LogP contribution is -2.57. The molecular weight excluding hydrogens is 499 g/mol. The number of rotatable bonds is 7. The zero-order valence-electron chi connectivity index (χ0n) is 20.3. The molecule has 3 rings (SSSR count). The molecule has 36 heavy (non-hydrogen) atoms. The molecule has 3 atom stereocenters. The first-order valence-electron chi connectivity index (χ1n) is 11.6. The summed E-state index contributed by atoms with van der Waals surface area (Å²) in [7, 11) is -2.29. The van der Waals surface area contributed by atoms with Crippen molar-refractivity contribution < 1.29 is 31.2 Å². The van der Waals surface area contributed by atoms with Crippen LogP contribution in [-0.4, -0.2) is 73.0 Å². The number of nitrogens with one attached hydrogen (secondary N) is 1. The van der Waals surface area contributed by atoms with Gasteiger partial charge < -0.3 is 10.2 Å². The van der Waals surface area contributed by atoms with Gasteiger partial charge in [0.1, 0.15) is 6.04 Å². The molecule has 2 fully saturated rings. The topological polar surface area (TPSA) is 114 Å². The van der Waals surface area contributed by atoms with Crippen molar-refractivity contribution in [2.24, 2.45) is 11.8 Å². The molecule has 0 aliphatic carbocycles. The Labute approximate surface area is 209 Å². The molecule has 1 N–H and O–H groups in total. The van der Waals surface area contributed by atoms with Crippen LogP contribution in [0.3, 0.4) is 0 Å². The summed E-state index contributed by atoms with van der Waals surface area (Å²) in [6.45, 7) is 3.72. The molecule has 0 radical (unpaired) electrons. The third-order valence-corrected chi connectivity index (χ3v) is 8.76. The maximum Gasteiger partial charge on any atom is 0.416 e. The van der Waals surface area contributed by atoms with Gasteiger partial charge in [0.2, 0.25) is 11.8 Å². The van der Waals surface area contributed by atoms with E-state index >= 15 is 0 Å². The molecule has 2 aliphatic rings. The van der Waals surface area contributed by atoms with Crippen molar-refractivity contribution in [3.63, 3.8) is 0 Å². The van der Waals surface area contributed by atoms with Crippen LogP contribution in [0.5, 0.6) is 0 Å². The standard InChI is InChI=1S/C23H30F3N5O4S/c1-15(18-6-8-20(9-7-18)23(24,25)26)28-21(32)16(2)29(3)22(33)19-5-4-10-30(14-19)36(34,35)31-12-17(11-27)13-31/h6-9,15-17,19H,4-5,10,12-14H2,1-3H3,(H,28,32)/t15?,16?,19-/m0/s1. The number of benzene rings is 1. The van der Waals surface area contributed by atoms with Gasteiger partial charge in [-0.25, -0.2) is 0 Å². The Kier molecular flexibility index (Phi) is 8.32. The van der Waals surface area contributed by atoms with E-state index in [9.17, 15) is 31.2 Å². The minimum atomic E-state index is -4.45. The molecule has 2 heterocycles. The van der Waals surface area contributed by atoms with Crippen molar-refractivity contribution in [3.05, 3.63) is 35.4 Å². The summed E-state index contributed by atoms with van der Waals surface area (Å²) in [6.07, 6.45) is -3.48. The Bertz CT molecular complexity index is 1110. The molecular formula is C23H30F3N5O4S. The van der Waals surface area contributed by atoms with Gasteiger partial charge in [0.05, 0.1) is 29.5 Å². The molecule has 0 spiro atoms. The highest BCUT2D eigenvalue weighted by atomic mass is 32.2. The fraction of sp³-hybridized carbons (Fsp3) is 0.609. The van der Waals surface area contributed by atoms with Crippen LogP contribution in [0, 0.1) is 23.2 Å². The summed E-state index contributed by atoms with van der Waals surface area (Å²) < 4.78 is 66.5. The predicted octanol–water partition coefficient (Wildman–Crippen LogP) is 2.14. The number of carbonyl (C=O) groups excluding carboxylic acids is 2.